The summed E-state index contributed by atoms with van der Waals surface area (Å²) in [5, 5.41) is 2.90. The van der Waals surface area contributed by atoms with Crippen LogP contribution in [0.25, 0.3) is 0 Å². The summed E-state index contributed by atoms with van der Waals surface area (Å²) in [6.45, 7) is 2.17. The Morgan fingerprint density at radius 3 is 2.50 bits per heavy atom. The van der Waals surface area contributed by atoms with E-state index in [1.165, 1.54) is 12.1 Å². The number of anilines is 2. The van der Waals surface area contributed by atoms with Crippen LogP contribution in [0.15, 0.2) is 60.7 Å². The van der Waals surface area contributed by atoms with Crippen molar-refractivity contribution in [2.45, 2.75) is 13.5 Å². The Hall–Kier alpha value is -3.28. The van der Waals surface area contributed by atoms with Gasteiger partial charge in [0, 0.05) is 19.7 Å². The number of aryl methyl sites for hydroxylation is 1. The monoisotopic (exact) mass is 350 g/mol. The highest BCUT2D eigenvalue weighted by molar-refractivity contribution is 5.93. The van der Waals surface area contributed by atoms with Crippen molar-refractivity contribution in [3.8, 4) is 0 Å². The number of carbonyl (C=O) groups is 1. The highest BCUT2D eigenvalue weighted by Gasteiger charge is 2.16. The fraction of sp³-hybridized carbons (Fsp3) is 0.150. The third kappa shape index (κ3) is 4.22. The molecular formula is C20H19FN4O. The SMILES string of the molecule is Cc1nc(Nc2ccccc2F)cc(C(=O)N(C)Cc2ccccc2)n1. The molecule has 0 aliphatic heterocycles. The van der Waals surface area contributed by atoms with E-state index in [9.17, 15) is 9.18 Å². The van der Waals surface area contributed by atoms with Gasteiger partial charge in [-0.3, -0.25) is 4.79 Å². The fourth-order valence-corrected chi connectivity index (χ4v) is 2.57. The number of hydrogen-bond acceptors (Lipinski definition) is 4. The van der Waals surface area contributed by atoms with E-state index in [4.69, 9.17) is 0 Å². The molecule has 0 atom stereocenters. The van der Waals surface area contributed by atoms with Gasteiger partial charge in [-0.15, -0.1) is 0 Å². The first-order valence-corrected chi connectivity index (χ1v) is 8.19. The van der Waals surface area contributed by atoms with E-state index in [-0.39, 0.29) is 11.6 Å². The molecule has 6 heteroatoms. The van der Waals surface area contributed by atoms with Crippen LogP contribution in [0, 0.1) is 12.7 Å². The van der Waals surface area contributed by atoms with Crippen LogP contribution in [-0.4, -0.2) is 27.8 Å². The Morgan fingerprint density at radius 1 is 1.08 bits per heavy atom. The molecule has 3 aromatic rings. The van der Waals surface area contributed by atoms with Crippen molar-refractivity contribution in [1.29, 1.82) is 0 Å². The fourth-order valence-electron chi connectivity index (χ4n) is 2.57. The quantitative estimate of drug-likeness (QED) is 0.757. The lowest BCUT2D eigenvalue weighted by atomic mass is 10.2. The molecule has 0 fully saturated rings. The van der Waals surface area contributed by atoms with E-state index in [1.807, 2.05) is 30.3 Å². The van der Waals surface area contributed by atoms with E-state index in [2.05, 4.69) is 15.3 Å². The molecule has 0 spiro atoms. The van der Waals surface area contributed by atoms with Crippen molar-refractivity contribution in [2.24, 2.45) is 0 Å². The lowest BCUT2D eigenvalue weighted by Crippen LogP contribution is -2.27. The maximum atomic E-state index is 13.8. The summed E-state index contributed by atoms with van der Waals surface area (Å²) in [4.78, 5) is 22.8. The van der Waals surface area contributed by atoms with Crippen molar-refractivity contribution in [3.05, 3.63) is 83.6 Å². The summed E-state index contributed by atoms with van der Waals surface area (Å²) in [6, 6.07) is 17.5. The van der Waals surface area contributed by atoms with Crippen LogP contribution in [0.5, 0.6) is 0 Å². The summed E-state index contributed by atoms with van der Waals surface area (Å²) < 4.78 is 13.8. The molecule has 3 rings (SSSR count). The smallest absolute Gasteiger partial charge is 0.272 e. The number of amides is 1. The number of nitrogens with zero attached hydrogens (tertiary/aromatic N) is 3. The van der Waals surface area contributed by atoms with Gasteiger partial charge in [-0.25, -0.2) is 14.4 Å². The van der Waals surface area contributed by atoms with Crippen LogP contribution in [0.2, 0.25) is 0 Å². The van der Waals surface area contributed by atoms with Crippen molar-refractivity contribution in [3.63, 3.8) is 0 Å². The van der Waals surface area contributed by atoms with Crippen LogP contribution in [-0.2, 0) is 6.54 Å². The predicted molar refractivity (Wildman–Crippen MR) is 98.7 cm³/mol. The van der Waals surface area contributed by atoms with Gasteiger partial charge in [0.15, 0.2) is 0 Å². The Balaban J connectivity index is 1.80. The third-order valence-corrected chi connectivity index (χ3v) is 3.80. The zero-order chi connectivity index (χ0) is 18.5. The maximum Gasteiger partial charge on any atom is 0.272 e. The first kappa shape index (κ1) is 17.5. The zero-order valence-corrected chi connectivity index (χ0v) is 14.6. The van der Waals surface area contributed by atoms with Crippen molar-refractivity contribution < 1.29 is 9.18 Å². The summed E-state index contributed by atoms with van der Waals surface area (Å²) in [7, 11) is 1.72. The average molecular weight is 350 g/mol. The highest BCUT2D eigenvalue weighted by atomic mass is 19.1. The molecule has 0 saturated heterocycles. The largest absolute Gasteiger partial charge is 0.338 e. The number of benzene rings is 2. The van der Waals surface area contributed by atoms with Gasteiger partial charge >= 0.3 is 0 Å². The molecule has 5 nitrogen and oxygen atoms in total. The Morgan fingerprint density at radius 2 is 1.77 bits per heavy atom. The number of rotatable bonds is 5. The number of hydrogen-bond donors (Lipinski definition) is 1. The first-order chi connectivity index (χ1) is 12.5. The Bertz CT molecular complexity index is 915. The van der Waals surface area contributed by atoms with Crippen molar-refractivity contribution >= 4 is 17.4 Å². The lowest BCUT2D eigenvalue weighted by molar-refractivity contribution is 0.0779. The summed E-state index contributed by atoms with van der Waals surface area (Å²) >= 11 is 0. The number of carbonyl (C=O) groups excluding carboxylic acids is 1. The van der Waals surface area contributed by atoms with Gasteiger partial charge in [0.2, 0.25) is 0 Å². The second kappa shape index (κ2) is 7.74. The normalized spacial score (nSPS) is 10.4. The van der Waals surface area contributed by atoms with Crippen molar-refractivity contribution in [1.82, 2.24) is 14.9 Å². The molecule has 1 N–H and O–H groups in total. The molecule has 0 unspecified atom stereocenters. The zero-order valence-electron chi connectivity index (χ0n) is 14.6. The molecule has 132 valence electrons. The minimum atomic E-state index is -0.391. The average Bonchev–Trinajstić information content (AvgIpc) is 2.63. The number of aromatic nitrogens is 2. The summed E-state index contributed by atoms with van der Waals surface area (Å²) in [6.07, 6.45) is 0. The second-order valence-electron chi connectivity index (χ2n) is 5.94. The molecule has 2 aromatic carbocycles. The molecule has 26 heavy (non-hydrogen) atoms. The van der Waals surface area contributed by atoms with Gasteiger partial charge < -0.3 is 10.2 Å². The van der Waals surface area contributed by atoms with Gasteiger partial charge in [0.25, 0.3) is 5.91 Å². The molecule has 1 aromatic heterocycles. The van der Waals surface area contributed by atoms with E-state index >= 15 is 0 Å². The van der Waals surface area contributed by atoms with Crippen molar-refractivity contribution in [2.75, 3.05) is 12.4 Å². The van der Waals surface area contributed by atoms with Gasteiger partial charge in [0.1, 0.15) is 23.2 Å². The molecule has 1 heterocycles. The van der Waals surface area contributed by atoms with E-state index in [0.29, 0.717) is 23.9 Å². The molecule has 0 aliphatic rings. The van der Waals surface area contributed by atoms with Gasteiger partial charge in [-0.2, -0.15) is 0 Å². The van der Waals surface area contributed by atoms with Crippen LogP contribution in [0.4, 0.5) is 15.9 Å². The van der Waals surface area contributed by atoms with Crippen LogP contribution < -0.4 is 5.32 Å². The van der Waals surface area contributed by atoms with Crippen LogP contribution in [0.3, 0.4) is 0 Å². The Kier molecular flexibility index (Phi) is 5.22. The topological polar surface area (TPSA) is 58.1 Å². The van der Waals surface area contributed by atoms with Gasteiger partial charge in [-0.05, 0) is 24.6 Å². The molecule has 1 amide bonds. The molecule has 0 aliphatic carbocycles. The third-order valence-electron chi connectivity index (χ3n) is 3.80. The highest BCUT2D eigenvalue weighted by Crippen LogP contribution is 2.19. The first-order valence-electron chi connectivity index (χ1n) is 8.19. The Labute approximate surface area is 151 Å². The number of para-hydroxylation sites is 1. The molecule has 0 bridgehead atoms. The molecule has 0 radical (unpaired) electrons. The van der Waals surface area contributed by atoms with Crippen LogP contribution in [0.1, 0.15) is 21.9 Å². The molecule has 0 saturated carbocycles. The maximum absolute atomic E-state index is 13.8. The minimum Gasteiger partial charge on any atom is -0.338 e. The van der Waals surface area contributed by atoms with Gasteiger partial charge in [0.05, 0.1) is 5.69 Å². The van der Waals surface area contributed by atoms with Crippen LogP contribution >= 0.6 is 0 Å². The number of nitrogens with one attached hydrogen (secondary N) is 1. The number of halogens is 1. The molecular weight excluding hydrogens is 331 g/mol. The summed E-state index contributed by atoms with van der Waals surface area (Å²) in [5.74, 6) is 0.190. The lowest BCUT2D eigenvalue weighted by Gasteiger charge is -2.17. The summed E-state index contributed by atoms with van der Waals surface area (Å²) in [5.41, 5.74) is 1.58. The van der Waals surface area contributed by atoms with E-state index in [0.717, 1.165) is 5.56 Å². The van der Waals surface area contributed by atoms with E-state index in [1.54, 1.807) is 37.1 Å². The standard InChI is InChI=1S/C20H19FN4O/c1-14-22-18(20(26)25(2)13-15-8-4-3-5-9-15)12-19(23-14)24-17-11-7-6-10-16(17)21/h3-12H,13H2,1-2H3,(H,22,23,24). The predicted octanol–water partition coefficient (Wildman–Crippen LogP) is 3.94. The van der Waals surface area contributed by atoms with Gasteiger partial charge in [-0.1, -0.05) is 42.5 Å². The minimum absolute atomic E-state index is 0.226. The second-order valence-corrected chi connectivity index (χ2v) is 5.94. The van der Waals surface area contributed by atoms with E-state index < -0.39 is 5.82 Å².